The van der Waals surface area contributed by atoms with Gasteiger partial charge in [-0.2, -0.15) is 0 Å². The van der Waals surface area contributed by atoms with Gasteiger partial charge in [-0.1, -0.05) is 42.5 Å². The highest BCUT2D eigenvalue weighted by molar-refractivity contribution is 5.48. The van der Waals surface area contributed by atoms with E-state index in [1.165, 1.54) is 31.2 Å². The van der Waals surface area contributed by atoms with Crippen LogP contribution in [-0.4, -0.2) is 12.6 Å². The van der Waals surface area contributed by atoms with Crippen molar-refractivity contribution in [1.29, 1.82) is 0 Å². The fraction of sp³-hybridized carbons (Fsp3) is 0.579. The summed E-state index contributed by atoms with van der Waals surface area (Å²) >= 11 is 0. The number of hydrogen-bond donors (Lipinski definition) is 1. The molecule has 0 aromatic heterocycles. The molecule has 4 aliphatic carbocycles. The molecular weight excluding hydrogens is 242 g/mol. The molecule has 0 aliphatic heterocycles. The summed E-state index contributed by atoms with van der Waals surface area (Å²) in [5, 5.41) is 3.85. The third kappa shape index (κ3) is 2.44. The molecule has 4 fully saturated rings. The Bertz CT molecular complexity index is 448. The van der Waals surface area contributed by atoms with Crippen LogP contribution in [0.2, 0.25) is 0 Å². The molecule has 1 nitrogen and oxygen atoms in total. The molecule has 0 spiro atoms. The zero-order valence-corrected chi connectivity index (χ0v) is 12.2. The SMILES string of the molecule is C(=C\c1ccccc1)/CNC1C2CC3CC(C2)CC1C3. The van der Waals surface area contributed by atoms with Crippen LogP contribution in [0.5, 0.6) is 0 Å². The summed E-state index contributed by atoms with van der Waals surface area (Å²) < 4.78 is 0. The van der Waals surface area contributed by atoms with E-state index in [1.807, 2.05) is 0 Å². The highest BCUT2D eigenvalue weighted by Crippen LogP contribution is 2.53. The molecule has 0 radical (unpaired) electrons. The van der Waals surface area contributed by atoms with E-state index in [0.29, 0.717) is 0 Å². The van der Waals surface area contributed by atoms with Crippen molar-refractivity contribution < 1.29 is 0 Å². The molecule has 20 heavy (non-hydrogen) atoms. The minimum Gasteiger partial charge on any atom is -0.310 e. The number of benzene rings is 1. The molecule has 4 saturated carbocycles. The first-order chi connectivity index (χ1) is 9.88. The third-order valence-electron chi connectivity index (χ3n) is 5.81. The quantitative estimate of drug-likeness (QED) is 0.865. The van der Waals surface area contributed by atoms with Crippen molar-refractivity contribution in [2.24, 2.45) is 23.7 Å². The van der Waals surface area contributed by atoms with Gasteiger partial charge in [0.25, 0.3) is 0 Å². The van der Waals surface area contributed by atoms with E-state index in [9.17, 15) is 0 Å². The monoisotopic (exact) mass is 267 g/mol. The first-order valence-corrected chi connectivity index (χ1v) is 8.33. The van der Waals surface area contributed by atoms with Gasteiger partial charge in [-0.25, -0.2) is 0 Å². The van der Waals surface area contributed by atoms with E-state index in [1.54, 1.807) is 6.42 Å². The lowest BCUT2D eigenvalue weighted by atomic mass is 9.54. The van der Waals surface area contributed by atoms with E-state index in [-0.39, 0.29) is 0 Å². The minimum atomic E-state index is 0.809. The molecule has 106 valence electrons. The van der Waals surface area contributed by atoms with Gasteiger partial charge in [0.15, 0.2) is 0 Å². The topological polar surface area (TPSA) is 12.0 Å². The molecule has 4 aliphatic rings. The summed E-state index contributed by atoms with van der Waals surface area (Å²) in [6, 6.07) is 11.4. The second-order valence-corrected chi connectivity index (χ2v) is 7.18. The number of rotatable bonds is 4. The normalized spacial score (nSPS) is 38.7. The van der Waals surface area contributed by atoms with E-state index < -0.39 is 0 Å². The first-order valence-electron chi connectivity index (χ1n) is 8.33. The summed E-state index contributed by atoms with van der Waals surface area (Å²) in [6.45, 7) is 1.03. The zero-order valence-electron chi connectivity index (χ0n) is 12.2. The van der Waals surface area contributed by atoms with E-state index in [2.05, 4.69) is 47.8 Å². The Kier molecular flexibility index (Phi) is 3.39. The van der Waals surface area contributed by atoms with Crippen LogP contribution in [0.15, 0.2) is 36.4 Å². The summed E-state index contributed by atoms with van der Waals surface area (Å²) in [5.74, 6) is 4.12. The van der Waals surface area contributed by atoms with Gasteiger partial charge < -0.3 is 5.32 Å². The van der Waals surface area contributed by atoms with Crippen molar-refractivity contribution in [3.8, 4) is 0 Å². The summed E-state index contributed by atoms with van der Waals surface area (Å²) in [6.07, 6.45) is 12.1. The second-order valence-electron chi connectivity index (χ2n) is 7.18. The average Bonchev–Trinajstić information content (AvgIpc) is 2.46. The molecule has 1 aromatic carbocycles. The predicted molar refractivity (Wildman–Crippen MR) is 84.3 cm³/mol. The van der Waals surface area contributed by atoms with Crippen molar-refractivity contribution in [2.75, 3.05) is 6.54 Å². The summed E-state index contributed by atoms with van der Waals surface area (Å²) in [7, 11) is 0. The van der Waals surface area contributed by atoms with Crippen molar-refractivity contribution in [2.45, 2.75) is 38.1 Å². The van der Waals surface area contributed by atoms with E-state index in [4.69, 9.17) is 0 Å². The molecular formula is C19H25N. The molecule has 1 heteroatoms. The smallest absolute Gasteiger partial charge is 0.0140 e. The standard InChI is InChI=1S/C19H25N/c1-2-5-14(6-3-1)7-4-8-20-19-17-10-15-9-16(12-17)13-18(19)11-15/h1-7,15-20H,8-13H2/b7-4+. The summed E-state index contributed by atoms with van der Waals surface area (Å²) in [5.41, 5.74) is 1.30. The fourth-order valence-electron chi connectivity index (χ4n) is 5.22. The molecule has 0 saturated heterocycles. The molecule has 0 heterocycles. The predicted octanol–water partition coefficient (Wildman–Crippen LogP) is 4.11. The maximum Gasteiger partial charge on any atom is 0.0140 e. The Morgan fingerprint density at radius 2 is 1.55 bits per heavy atom. The Balaban J connectivity index is 1.33. The highest BCUT2D eigenvalue weighted by Gasteiger charge is 2.47. The van der Waals surface area contributed by atoms with Gasteiger partial charge in [0.2, 0.25) is 0 Å². The van der Waals surface area contributed by atoms with E-state index in [0.717, 1.165) is 36.3 Å². The van der Waals surface area contributed by atoms with Crippen molar-refractivity contribution in [3.63, 3.8) is 0 Å². The van der Waals surface area contributed by atoms with Crippen LogP contribution < -0.4 is 5.32 Å². The Labute approximate surface area is 122 Å². The largest absolute Gasteiger partial charge is 0.310 e. The molecule has 1 N–H and O–H groups in total. The lowest BCUT2D eigenvalue weighted by Gasteiger charge is -2.54. The van der Waals surface area contributed by atoms with Crippen LogP contribution in [0.25, 0.3) is 6.08 Å². The molecule has 5 rings (SSSR count). The Morgan fingerprint density at radius 3 is 2.20 bits per heavy atom. The maximum atomic E-state index is 3.85. The van der Waals surface area contributed by atoms with Gasteiger partial charge in [-0.3, -0.25) is 0 Å². The van der Waals surface area contributed by atoms with Gasteiger partial charge in [0, 0.05) is 12.6 Å². The van der Waals surface area contributed by atoms with Crippen LogP contribution in [-0.2, 0) is 0 Å². The molecule has 0 amide bonds. The van der Waals surface area contributed by atoms with Crippen LogP contribution >= 0.6 is 0 Å². The van der Waals surface area contributed by atoms with E-state index >= 15 is 0 Å². The molecule has 0 atom stereocenters. The van der Waals surface area contributed by atoms with Crippen molar-refractivity contribution in [1.82, 2.24) is 5.32 Å². The van der Waals surface area contributed by atoms with Gasteiger partial charge in [-0.15, -0.1) is 0 Å². The van der Waals surface area contributed by atoms with Crippen molar-refractivity contribution >= 4 is 6.08 Å². The molecule has 4 bridgehead atoms. The minimum absolute atomic E-state index is 0.809. The first kappa shape index (κ1) is 12.6. The van der Waals surface area contributed by atoms with Crippen LogP contribution in [0.1, 0.15) is 37.7 Å². The van der Waals surface area contributed by atoms with Crippen LogP contribution in [0, 0.1) is 23.7 Å². The van der Waals surface area contributed by atoms with Gasteiger partial charge in [0.05, 0.1) is 0 Å². The Hall–Kier alpha value is -1.08. The Morgan fingerprint density at radius 1 is 0.900 bits per heavy atom. The van der Waals surface area contributed by atoms with Crippen LogP contribution in [0.4, 0.5) is 0 Å². The van der Waals surface area contributed by atoms with Gasteiger partial charge in [-0.05, 0) is 61.3 Å². The fourth-order valence-corrected chi connectivity index (χ4v) is 5.22. The second kappa shape index (κ2) is 5.37. The maximum absolute atomic E-state index is 3.85. The number of hydrogen-bond acceptors (Lipinski definition) is 1. The summed E-state index contributed by atoms with van der Waals surface area (Å²) in [4.78, 5) is 0. The lowest BCUT2D eigenvalue weighted by molar-refractivity contribution is -0.0123. The zero-order chi connectivity index (χ0) is 13.4. The van der Waals surface area contributed by atoms with Crippen molar-refractivity contribution in [3.05, 3.63) is 42.0 Å². The van der Waals surface area contributed by atoms with Crippen LogP contribution in [0.3, 0.4) is 0 Å². The molecule has 0 unspecified atom stereocenters. The molecule has 1 aromatic rings. The highest BCUT2D eigenvalue weighted by atomic mass is 14.9. The lowest BCUT2D eigenvalue weighted by Crippen LogP contribution is -2.54. The van der Waals surface area contributed by atoms with Gasteiger partial charge in [0.1, 0.15) is 0 Å². The average molecular weight is 267 g/mol. The number of nitrogens with one attached hydrogen (secondary N) is 1. The third-order valence-corrected chi connectivity index (χ3v) is 5.81. The van der Waals surface area contributed by atoms with Gasteiger partial charge >= 0.3 is 0 Å².